The van der Waals surface area contributed by atoms with Gasteiger partial charge in [0.05, 0.1) is 17.6 Å². The number of aryl methyl sites for hydroxylation is 1. The van der Waals surface area contributed by atoms with E-state index in [0.717, 1.165) is 28.3 Å². The maximum Gasteiger partial charge on any atom is 0.233 e. The summed E-state index contributed by atoms with van der Waals surface area (Å²) in [4.78, 5) is 16.6. The number of para-hydroxylation sites is 1. The zero-order chi connectivity index (χ0) is 23.4. The predicted octanol–water partition coefficient (Wildman–Crippen LogP) is 4.65. The fourth-order valence-corrected chi connectivity index (χ4v) is 4.36. The van der Waals surface area contributed by atoms with Crippen molar-refractivity contribution >= 4 is 23.4 Å². The van der Waals surface area contributed by atoms with Gasteiger partial charge < -0.3 is 14.2 Å². The molecule has 0 saturated heterocycles. The molecule has 170 valence electrons. The molecule has 2 aromatic carbocycles. The number of hydrogen-bond donors (Lipinski definition) is 0. The molecule has 4 rings (SSSR count). The van der Waals surface area contributed by atoms with Crippen molar-refractivity contribution in [2.75, 3.05) is 31.8 Å². The van der Waals surface area contributed by atoms with Crippen molar-refractivity contribution in [2.45, 2.75) is 18.6 Å². The van der Waals surface area contributed by atoms with Gasteiger partial charge in [0.15, 0.2) is 11.0 Å². The molecule has 0 aliphatic heterocycles. The van der Waals surface area contributed by atoms with Gasteiger partial charge in [0.1, 0.15) is 5.76 Å². The smallest absolute Gasteiger partial charge is 0.233 e. The van der Waals surface area contributed by atoms with Gasteiger partial charge in [-0.25, -0.2) is 0 Å². The zero-order valence-corrected chi connectivity index (χ0v) is 20.0. The predicted molar refractivity (Wildman–Crippen MR) is 132 cm³/mol. The van der Waals surface area contributed by atoms with Gasteiger partial charge in [0, 0.05) is 39.1 Å². The molecule has 8 heteroatoms. The van der Waals surface area contributed by atoms with Crippen LogP contribution >= 0.6 is 11.8 Å². The van der Waals surface area contributed by atoms with Crippen LogP contribution in [0.2, 0.25) is 0 Å². The Bertz CT molecular complexity index is 1220. The molecule has 0 aliphatic rings. The van der Waals surface area contributed by atoms with Crippen molar-refractivity contribution < 1.29 is 9.21 Å². The fraction of sp³-hybridized carbons (Fsp3) is 0.240. The van der Waals surface area contributed by atoms with Gasteiger partial charge in [-0.2, -0.15) is 0 Å². The summed E-state index contributed by atoms with van der Waals surface area (Å²) >= 11 is 1.38. The third-order valence-electron chi connectivity index (χ3n) is 5.37. The number of thioether (sulfide) groups is 1. The van der Waals surface area contributed by atoms with Crippen LogP contribution in [0.1, 0.15) is 11.3 Å². The Morgan fingerprint density at radius 3 is 2.36 bits per heavy atom. The lowest BCUT2D eigenvalue weighted by atomic mass is 10.2. The Balaban J connectivity index is 1.49. The van der Waals surface area contributed by atoms with Crippen molar-refractivity contribution in [1.82, 2.24) is 19.7 Å². The van der Waals surface area contributed by atoms with Gasteiger partial charge in [-0.05, 0) is 42.8 Å². The molecular formula is C25H27N5O2S. The monoisotopic (exact) mass is 461 g/mol. The minimum atomic E-state index is 0.0281. The lowest BCUT2D eigenvalue weighted by Crippen LogP contribution is -2.28. The molecule has 2 heterocycles. The van der Waals surface area contributed by atoms with Gasteiger partial charge in [0.25, 0.3) is 0 Å². The first kappa shape index (κ1) is 22.7. The van der Waals surface area contributed by atoms with Crippen molar-refractivity contribution in [3.8, 4) is 17.1 Å². The molecule has 0 spiro atoms. The van der Waals surface area contributed by atoms with Gasteiger partial charge in [-0.3, -0.25) is 9.36 Å². The maximum atomic E-state index is 12.9. The highest BCUT2D eigenvalue weighted by Gasteiger charge is 2.20. The summed E-state index contributed by atoms with van der Waals surface area (Å²) in [5.41, 5.74) is 4.03. The largest absolute Gasteiger partial charge is 0.469 e. The average molecular weight is 462 g/mol. The SMILES string of the molecule is Cc1occc1-c1nnc(SCC(=O)N(C)Cc2ccc(N(C)C)cc2)n1-c1ccccc1. The van der Waals surface area contributed by atoms with Gasteiger partial charge in [0.2, 0.25) is 5.91 Å². The van der Waals surface area contributed by atoms with E-state index in [-0.39, 0.29) is 11.7 Å². The average Bonchev–Trinajstić information content (AvgIpc) is 3.43. The quantitative estimate of drug-likeness (QED) is 0.356. The molecule has 0 N–H and O–H groups in total. The van der Waals surface area contributed by atoms with E-state index in [0.29, 0.717) is 17.5 Å². The fourth-order valence-electron chi connectivity index (χ4n) is 3.46. The number of carbonyl (C=O) groups excluding carboxylic acids is 1. The highest BCUT2D eigenvalue weighted by atomic mass is 32.2. The van der Waals surface area contributed by atoms with E-state index in [9.17, 15) is 4.79 Å². The first-order valence-corrected chi connectivity index (χ1v) is 11.6. The van der Waals surface area contributed by atoms with Crippen LogP contribution < -0.4 is 4.90 Å². The molecule has 0 fully saturated rings. The van der Waals surface area contributed by atoms with Crippen LogP contribution in [-0.4, -0.2) is 52.5 Å². The Morgan fingerprint density at radius 2 is 1.73 bits per heavy atom. The number of benzene rings is 2. The van der Waals surface area contributed by atoms with Crippen LogP contribution in [0.5, 0.6) is 0 Å². The van der Waals surface area contributed by atoms with Crippen molar-refractivity contribution in [1.29, 1.82) is 0 Å². The molecule has 33 heavy (non-hydrogen) atoms. The highest BCUT2D eigenvalue weighted by Crippen LogP contribution is 2.30. The molecule has 0 atom stereocenters. The minimum absolute atomic E-state index is 0.0281. The van der Waals surface area contributed by atoms with E-state index in [4.69, 9.17) is 4.42 Å². The number of furan rings is 1. The van der Waals surface area contributed by atoms with E-state index in [2.05, 4.69) is 39.4 Å². The van der Waals surface area contributed by atoms with Crippen molar-refractivity contribution in [3.63, 3.8) is 0 Å². The summed E-state index contributed by atoms with van der Waals surface area (Å²) in [7, 11) is 5.84. The number of hydrogen-bond acceptors (Lipinski definition) is 6. The summed E-state index contributed by atoms with van der Waals surface area (Å²) in [5, 5.41) is 9.46. The maximum absolute atomic E-state index is 12.9. The van der Waals surface area contributed by atoms with E-state index in [1.807, 2.05) is 69.0 Å². The van der Waals surface area contributed by atoms with E-state index in [1.165, 1.54) is 11.8 Å². The lowest BCUT2D eigenvalue weighted by molar-refractivity contribution is -0.127. The topological polar surface area (TPSA) is 67.4 Å². The number of amides is 1. The number of anilines is 1. The summed E-state index contributed by atoms with van der Waals surface area (Å²) in [5.74, 6) is 1.76. The Morgan fingerprint density at radius 1 is 1.00 bits per heavy atom. The Hall–Kier alpha value is -3.52. The van der Waals surface area contributed by atoms with Crippen LogP contribution in [0.25, 0.3) is 17.1 Å². The van der Waals surface area contributed by atoms with E-state index in [1.54, 1.807) is 11.2 Å². The molecule has 7 nitrogen and oxygen atoms in total. The standard InChI is InChI=1S/C25H27N5O2S/c1-18-22(14-15-32-18)24-26-27-25(30(24)21-8-6-5-7-9-21)33-17-23(31)29(4)16-19-10-12-20(13-11-19)28(2)3/h5-15H,16-17H2,1-4H3. The normalized spacial score (nSPS) is 10.9. The van der Waals surface area contributed by atoms with E-state index >= 15 is 0 Å². The number of nitrogens with zero attached hydrogens (tertiary/aromatic N) is 5. The second-order valence-electron chi connectivity index (χ2n) is 7.97. The second-order valence-corrected chi connectivity index (χ2v) is 8.91. The molecule has 2 aromatic heterocycles. The highest BCUT2D eigenvalue weighted by molar-refractivity contribution is 7.99. The number of rotatable bonds is 8. The summed E-state index contributed by atoms with van der Waals surface area (Å²) in [6.07, 6.45) is 1.64. The van der Waals surface area contributed by atoms with Crippen LogP contribution in [0.15, 0.2) is 76.5 Å². The molecule has 0 bridgehead atoms. The third kappa shape index (κ3) is 5.12. The molecule has 0 aliphatic carbocycles. The molecular weight excluding hydrogens is 434 g/mol. The van der Waals surface area contributed by atoms with Crippen LogP contribution in [0.3, 0.4) is 0 Å². The molecule has 4 aromatic rings. The van der Waals surface area contributed by atoms with Crippen LogP contribution in [-0.2, 0) is 11.3 Å². The molecule has 0 saturated carbocycles. The number of carbonyl (C=O) groups is 1. The van der Waals surface area contributed by atoms with Gasteiger partial charge in [-0.1, -0.05) is 42.1 Å². The van der Waals surface area contributed by atoms with Gasteiger partial charge >= 0.3 is 0 Å². The van der Waals surface area contributed by atoms with Crippen molar-refractivity contribution in [3.05, 3.63) is 78.3 Å². The number of aromatic nitrogens is 3. The second kappa shape index (κ2) is 9.95. The third-order valence-corrected chi connectivity index (χ3v) is 6.28. The molecule has 0 radical (unpaired) electrons. The first-order valence-electron chi connectivity index (χ1n) is 10.6. The molecule has 0 unspecified atom stereocenters. The Labute approximate surface area is 198 Å². The Kier molecular flexibility index (Phi) is 6.84. The van der Waals surface area contributed by atoms with Crippen LogP contribution in [0.4, 0.5) is 5.69 Å². The van der Waals surface area contributed by atoms with Gasteiger partial charge in [-0.15, -0.1) is 10.2 Å². The summed E-state index contributed by atoms with van der Waals surface area (Å²) in [6, 6.07) is 20.0. The summed E-state index contributed by atoms with van der Waals surface area (Å²) < 4.78 is 7.44. The van der Waals surface area contributed by atoms with Crippen LogP contribution in [0, 0.1) is 6.92 Å². The van der Waals surface area contributed by atoms with Crippen molar-refractivity contribution in [2.24, 2.45) is 0 Å². The minimum Gasteiger partial charge on any atom is -0.469 e. The zero-order valence-electron chi connectivity index (χ0n) is 19.2. The lowest BCUT2D eigenvalue weighted by Gasteiger charge is -2.18. The van der Waals surface area contributed by atoms with E-state index < -0.39 is 0 Å². The first-order chi connectivity index (χ1) is 15.9. The summed E-state index contributed by atoms with van der Waals surface area (Å²) in [6.45, 7) is 2.45. The molecule has 1 amide bonds.